The van der Waals surface area contributed by atoms with Gasteiger partial charge in [-0.2, -0.15) is 0 Å². The summed E-state index contributed by atoms with van der Waals surface area (Å²) in [4.78, 5) is 19.6. The Kier molecular flexibility index (Phi) is 6.23. The van der Waals surface area contributed by atoms with E-state index in [0.717, 1.165) is 47.6 Å². The number of nitrogens with zero attached hydrogens (tertiary/aromatic N) is 2. The summed E-state index contributed by atoms with van der Waals surface area (Å²) >= 11 is 0. The number of nitrogens with one attached hydrogen (secondary N) is 1. The predicted octanol–water partition coefficient (Wildman–Crippen LogP) is 4.32. The molecule has 3 fully saturated rings. The van der Waals surface area contributed by atoms with Crippen molar-refractivity contribution in [2.45, 2.75) is 38.3 Å². The lowest BCUT2D eigenvalue weighted by Crippen LogP contribution is -2.56. The lowest BCUT2D eigenvalue weighted by Gasteiger charge is -2.51. The molecule has 3 saturated heterocycles. The van der Waals surface area contributed by atoms with E-state index in [1.807, 2.05) is 24.3 Å². The highest BCUT2D eigenvalue weighted by atomic mass is 16.6. The van der Waals surface area contributed by atoms with Crippen LogP contribution in [0.15, 0.2) is 43.1 Å². The normalized spacial score (nSPS) is 26.2. The minimum Gasteiger partial charge on any atom is -0.497 e. The van der Waals surface area contributed by atoms with Crippen LogP contribution >= 0.6 is 0 Å². The zero-order chi connectivity index (χ0) is 21.1. The number of carbonyl (C=O) groups excluding carboxylic acids is 1. The fourth-order valence-electron chi connectivity index (χ4n) is 5.14. The molecule has 3 aliphatic rings. The van der Waals surface area contributed by atoms with Crippen LogP contribution in [0.25, 0.3) is 10.9 Å². The summed E-state index contributed by atoms with van der Waals surface area (Å²) in [6.45, 7) is 8.46. The van der Waals surface area contributed by atoms with E-state index in [0.29, 0.717) is 12.5 Å². The van der Waals surface area contributed by atoms with Crippen LogP contribution in [-0.4, -0.2) is 48.8 Å². The van der Waals surface area contributed by atoms with Crippen LogP contribution in [0.4, 0.5) is 4.79 Å². The average Bonchev–Trinajstić information content (AvgIpc) is 2.80. The Bertz CT molecular complexity index is 916. The van der Waals surface area contributed by atoms with Gasteiger partial charge in [-0.25, -0.2) is 4.79 Å². The fourth-order valence-corrected chi connectivity index (χ4v) is 5.14. The van der Waals surface area contributed by atoms with Gasteiger partial charge in [0.15, 0.2) is 0 Å². The molecule has 160 valence electrons. The smallest absolute Gasteiger partial charge is 0.408 e. The molecular weight excluding hydrogens is 378 g/mol. The molecule has 2 bridgehead atoms. The van der Waals surface area contributed by atoms with E-state index in [1.54, 1.807) is 19.4 Å². The molecule has 0 aliphatic carbocycles. The standard InChI is InChI=1S/C24H31N3O3/c1-4-10-26-24(28)30-23(22-13-17-9-12-27(22)15-16(17)5-2)19-8-11-25-21-7-6-18(29-3)14-20(19)21/h4,6-8,11,14,16-17,22-23H,1,5,9-10,12-13,15H2,2-3H3,(H,26,28). The van der Waals surface area contributed by atoms with Gasteiger partial charge < -0.3 is 14.8 Å². The molecule has 1 N–H and O–H groups in total. The van der Waals surface area contributed by atoms with Crippen LogP contribution in [0.2, 0.25) is 0 Å². The van der Waals surface area contributed by atoms with E-state index in [9.17, 15) is 4.79 Å². The summed E-state index contributed by atoms with van der Waals surface area (Å²) < 4.78 is 11.5. The van der Waals surface area contributed by atoms with Crippen LogP contribution in [-0.2, 0) is 4.74 Å². The molecule has 0 saturated carbocycles. The zero-order valence-electron chi connectivity index (χ0n) is 17.8. The van der Waals surface area contributed by atoms with Crippen molar-refractivity contribution in [1.82, 2.24) is 15.2 Å². The number of aromatic nitrogens is 1. The van der Waals surface area contributed by atoms with Gasteiger partial charge in [0.05, 0.1) is 18.7 Å². The lowest BCUT2D eigenvalue weighted by molar-refractivity contribution is -0.0603. The molecule has 1 aromatic heterocycles. The second-order valence-electron chi connectivity index (χ2n) is 8.29. The lowest BCUT2D eigenvalue weighted by atomic mass is 9.72. The summed E-state index contributed by atoms with van der Waals surface area (Å²) in [6, 6.07) is 7.99. The maximum absolute atomic E-state index is 12.6. The van der Waals surface area contributed by atoms with Gasteiger partial charge in [-0.3, -0.25) is 9.88 Å². The molecule has 5 unspecified atom stereocenters. The van der Waals surface area contributed by atoms with E-state index in [4.69, 9.17) is 9.47 Å². The van der Waals surface area contributed by atoms with Crippen LogP contribution in [0, 0.1) is 11.8 Å². The Morgan fingerprint density at radius 2 is 2.30 bits per heavy atom. The van der Waals surface area contributed by atoms with Gasteiger partial charge in [-0.05, 0) is 55.5 Å². The van der Waals surface area contributed by atoms with E-state index in [2.05, 4.69) is 28.7 Å². The first-order chi connectivity index (χ1) is 14.6. The summed E-state index contributed by atoms with van der Waals surface area (Å²) in [5.74, 6) is 2.19. The number of pyridine rings is 1. The highest BCUT2D eigenvalue weighted by Crippen LogP contribution is 2.44. The number of amides is 1. The first-order valence-corrected chi connectivity index (χ1v) is 10.9. The van der Waals surface area contributed by atoms with Crippen LogP contribution in [0.5, 0.6) is 5.75 Å². The molecule has 1 amide bonds. The molecule has 6 nitrogen and oxygen atoms in total. The second-order valence-corrected chi connectivity index (χ2v) is 8.29. The molecule has 0 spiro atoms. The molecule has 4 heterocycles. The number of fused-ring (bicyclic) bond motifs is 4. The number of hydrogen-bond acceptors (Lipinski definition) is 5. The Labute approximate surface area is 178 Å². The summed E-state index contributed by atoms with van der Waals surface area (Å²) in [5, 5.41) is 3.73. The summed E-state index contributed by atoms with van der Waals surface area (Å²) in [7, 11) is 1.66. The molecule has 5 atom stereocenters. The molecule has 0 radical (unpaired) electrons. The number of alkyl carbamates (subject to hydrolysis) is 1. The SMILES string of the molecule is C=CCNC(=O)OC(c1ccnc2ccc(OC)cc12)C1CC2CCN1CC2CC. The van der Waals surface area contributed by atoms with Crippen molar-refractivity contribution in [2.24, 2.45) is 11.8 Å². The van der Waals surface area contributed by atoms with Crippen LogP contribution < -0.4 is 10.1 Å². The molecule has 30 heavy (non-hydrogen) atoms. The Morgan fingerprint density at radius 3 is 3.00 bits per heavy atom. The van der Waals surface area contributed by atoms with Crippen molar-refractivity contribution in [3.8, 4) is 5.75 Å². The number of benzene rings is 1. The van der Waals surface area contributed by atoms with Crippen molar-refractivity contribution < 1.29 is 14.3 Å². The molecule has 1 aromatic carbocycles. The van der Waals surface area contributed by atoms with E-state index >= 15 is 0 Å². The summed E-state index contributed by atoms with van der Waals surface area (Å²) in [5.41, 5.74) is 1.86. The van der Waals surface area contributed by atoms with Gasteiger partial charge in [-0.15, -0.1) is 6.58 Å². The minimum atomic E-state index is -0.414. The third-order valence-corrected chi connectivity index (χ3v) is 6.72. The van der Waals surface area contributed by atoms with Crippen molar-refractivity contribution >= 4 is 17.0 Å². The van der Waals surface area contributed by atoms with Crippen LogP contribution in [0.1, 0.15) is 37.9 Å². The first kappa shape index (κ1) is 20.7. The van der Waals surface area contributed by atoms with E-state index < -0.39 is 6.09 Å². The number of carbonyl (C=O) groups is 1. The Balaban J connectivity index is 1.72. The first-order valence-electron chi connectivity index (χ1n) is 10.9. The predicted molar refractivity (Wildman–Crippen MR) is 118 cm³/mol. The monoisotopic (exact) mass is 409 g/mol. The molecule has 3 aliphatic heterocycles. The highest BCUT2D eigenvalue weighted by molar-refractivity contribution is 5.84. The topological polar surface area (TPSA) is 63.7 Å². The number of hydrogen-bond donors (Lipinski definition) is 1. The fraction of sp³-hybridized carbons (Fsp3) is 0.500. The third kappa shape index (κ3) is 4.01. The average molecular weight is 410 g/mol. The van der Waals surface area contributed by atoms with Gasteiger partial charge >= 0.3 is 6.09 Å². The largest absolute Gasteiger partial charge is 0.497 e. The maximum atomic E-state index is 12.6. The quantitative estimate of drug-likeness (QED) is 0.690. The van der Waals surface area contributed by atoms with Gasteiger partial charge in [-0.1, -0.05) is 19.4 Å². The van der Waals surface area contributed by atoms with Crippen molar-refractivity contribution in [1.29, 1.82) is 0 Å². The van der Waals surface area contributed by atoms with Crippen molar-refractivity contribution in [2.75, 3.05) is 26.7 Å². The Morgan fingerprint density at radius 1 is 1.43 bits per heavy atom. The highest BCUT2D eigenvalue weighted by Gasteiger charge is 2.44. The van der Waals surface area contributed by atoms with Crippen molar-refractivity contribution in [3.05, 3.63) is 48.7 Å². The van der Waals surface area contributed by atoms with Gasteiger partial charge in [0, 0.05) is 30.2 Å². The van der Waals surface area contributed by atoms with E-state index in [-0.39, 0.29) is 12.1 Å². The molecular formula is C24H31N3O3. The third-order valence-electron chi connectivity index (χ3n) is 6.72. The molecule has 2 aromatic rings. The summed E-state index contributed by atoms with van der Waals surface area (Å²) in [6.07, 6.45) is 6.15. The zero-order valence-corrected chi connectivity index (χ0v) is 17.8. The number of piperidine rings is 3. The molecule has 6 heteroatoms. The number of methoxy groups -OCH3 is 1. The second kappa shape index (κ2) is 9.04. The maximum Gasteiger partial charge on any atom is 0.408 e. The van der Waals surface area contributed by atoms with Gasteiger partial charge in [0.25, 0.3) is 0 Å². The van der Waals surface area contributed by atoms with Crippen LogP contribution in [0.3, 0.4) is 0 Å². The minimum absolute atomic E-state index is 0.165. The van der Waals surface area contributed by atoms with E-state index in [1.165, 1.54) is 12.8 Å². The van der Waals surface area contributed by atoms with Gasteiger partial charge in [0.2, 0.25) is 0 Å². The van der Waals surface area contributed by atoms with Gasteiger partial charge in [0.1, 0.15) is 11.9 Å². The number of ether oxygens (including phenoxy) is 2. The molecule has 5 rings (SSSR count). The number of rotatable bonds is 7. The van der Waals surface area contributed by atoms with Crippen molar-refractivity contribution in [3.63, 3.8) is 0 Å². The Hall–Kier alpha value is -2.60.